The number of hydrogen-bond donors (Lipinski definition) is 1. The zero-order chi connectivity index (χ0) is 15.0. The van der Waals surface area contributed by atoms with Gasteiger partial charge in [-0.3, -0.25) is 0 Å². The van der Waals surface area contributed by atoms with Crippen molar-refractivity contribution in [3.63, 3.8) is 0 Å². The number of rotatable bonds is 2. The molecular formula is C13H8Cl2FN5. The normalized spacial score (nSPS) is 10.8. The molecule has 3 rings (SSSR count). The fraction of sp³-hybridized carbons (Fsp3) is 0. The first kappa shape index (κ1) is 13.8. The van der Waals surface area contributed by atoms with Crippen LogP contribution in [0.5, 0.6) is 0 Å². The van der Waals surface area contributed by atoms with Crippen molar-refractivity contribution < 1.29 is 4.39 Å². The second-order valence-corrected chi connectivity index (χ2v) is 5.10. The van der Waals surface area contributed by atoms with Crippen molar-refractivity contribution in [2.24, 2.45) is 0 Å². The number of nitrogens with two attached hydrogens (primary N) is 1. The van der Waals surface area contributed by atoms with Crippen LogP contribution < -0.4 is 5.73 Å². The summed E-state index contributed by atoms with van der Waals surface area (Å²) < 4.78 is 15.2. The monoisotopic (exact) mass is 323 g/mol. The van der Waals surface area contributed by atoms with Gasteiger partial charge in [-0.05, 0) is 40.8 Å². The summed E-state index contributed by atoms with van der Waals surface area (Å²) in [4.78, 5) is 0. The third-order valence-electron chi connectivity index (χ3n) is 2.80. The molecule has 0 amide bonds. The van der Waals surface area contributed by atoms with Gasteiger partial charge in [-0.1, -0.05) is 29.3 Å². The van der Waals surface area contributed by atoms with E-state index in [1.165, 1.54) is 16.8 Å². The molecule has 5 nitrogen and oxygen atoms in total. The maximum atomic E-state index is 14.0. The van der Waals surface area contributed by atoms with Gasteiger partial charge in [0.15, 0.2) is 11.6 Å². The Morgan fingerprint density at radius 2 is 1.95 bits per heavy atom. The van der Waals surface area contributed by atoms with E-state index in [0.29, 0.717) is 16.3 Å². The quantitative estimate of drug-likeness (QED) is 0.734. The van der Waals surface area contributed by atoms with E-state index in [0.717, 1.165) is 0 Å². The third-order valence-corrected chi connectivity index (χ3v) is 3.32. The molecule has 106 valence electrons. The standard InChI is InChI=1S/C13H8Cl2FN5/c14-8-4-7(5-9(17)6-8)13-18-19-20-21(13)12-10(15)2-1-3-11(12)16/h1-6H,17H2. The lowest BCUT2D eigenvalue weighted by Crippen LogP contribution is -2.04. The number of nitrogen functional groups attached to an aromatic ring is 1. The molecule has 2 aromatic carbocycles. The average Bonchev–Trinajstić information content (AvgIpc) is 2.86. The molecule has 3 aromatic rings. The highest BCUT2D eigenvalue weighted by Crippen LogP contribution is 2.29. The predicted octanol–water partition coefficient (Wildman–Crippen LogP) is 3.36. The Hall–Kier alpha value is -2.18. The van der Waals surface area contributed by atoms with Crippen LogP contribution in [-0.2, 0) is 0 Å². The minimum Gasteiger partial charge on any atom is -0.399 e. The summed E-state index contributed by atoms with van der Waals surface area (Å²) >= 11 is 12.0. The Kier molecular flexibility index (Phi) is 3.48. The molecule has 0 bridgehead atoms. The first-order chi connectivity index (χ1) is 10.1. The van der Waals surface area contributed by atoms with Gasteiger partial charge in [-0.15, -0.1) is 5.10 Å². The topological polar surface area (TPSA) is 69.6 Å². The van der Waals surface area contributed by atoms with Gasteiger partial charge in [0, 0.05) is 16.3 Å². The number of para-hydroxylation sites is 1. The lowest BCUT2D eigenvalue weighted by Gasteiger charge is -2.08. The Bertz CT molecular complexity index is 778. The molecule has 0 saturated carbocycles. The van der Waals surface area contributed by atoms with Crippen molar-refractivity contribution in [1.82, 2.24) is 20.2 Å². The average molecular weight is 324 g/mol. The summed E-state index contributed by atoms with van der Waals surface area (Å²) in [6, 6.07) is 9.20. The number of anilines is 1. The van der Waals surface area contributed by atoms with Crippen LogP contribution >= 0.6 is 23.2 Å². The fourth-order valence-corrected chi connectivity index (χ4v) is 2.44. The molecule has 0 radical (unpaired) electrons. The lowest BCUT2D eigenvalue weighted by molar-refractivity contribution is 0.608. The lowest BCUT2D eigenvalue weighted by atomic mass is 10.2. The van der Waals surface area contributed by atoms with Crippen molar-refractivity contribution in [3.8, 4) is 17.1 Å². The number of aromatic nitrogens is 4. The molecule has 0 spiro atoms. The maximum absolute atomic E-state index is 14.0. The second kappa shape index (κ2) is 5.31. The summed E-state index contributed by atoms with van der Waals surface area (Å²) in [6.07, 6.45) is 0. The van der Waals surface area contributed by atoms with Crippen LogP contribution in [-0.4, -0.2) is 20.2 Å². The SMILES string of the molecule is Nc1cc(Cl)cc(-c2nnnn2-c2c(F)cccc2Cl)c1. The van der Waals surface area contributed by atoms with Crippen LogP contribution in [0, 0.1) is 5.82 Å². The predicted molar refractivity (Wildman–Crippen MR) is 79.0 cm³/mol. The molecule has 0 unspecified atom stereocenters. The van der Waals surface area contributed by atoms with Crippen LogP contribution in [0.4, 0.5) is 10.1 Å². The zero-order valence-electron chi connectivity index (χ0n) is 10.5. The van der Waals surface area contributed by atoms with E-state index in [1.807, 2.05) is 0 Å². The fourth-order valence-electron chi connectivity index (χ4n) is 1.95. The van der Waals surface area contributed by atoms with Gasteiger partial charge in [-0.25, -0.2) is 4.39 Å². The molecule has 1 heterocycles. The van der Waals surface area contributed by atoms with Crippen LogP contribution in [0.15, 0.2) is 36.4 Å². The van der Waals surface area contributed by atoms with E-state index in [-0.39, 0.29) is 16.5 Å². The molecule has 0 aliphatic rings. The Morgan fingerprint density at radius 3 is 2.67 bits per heavy atom. The molecular weight excluding hydrogens is 316 g/mol. The van der Waals surface area contributed by atoms with E-state index in [1.54, 1.807) is 24.3 Å². The van der Waals surface area contributed by atoms with E-state index >= 15 is 0 Å². The first-order valence-electron chi connectivity index (χ1n) is 5.85. The van der Waals surface area contributed by atoms with Crippen LogP contribution in [0.25, 0.3) is 17.1 Å². The molecule has 0 atom stereocenters. The smallest absolute Gasteiger partial charge is 0.187 e. The van der Waals surface area contributed by atoms with E-state index in [2.05, 4.69) is 15.5 Å². The molecule has 0 aliphatic heterocycles. The summed E-state index contributed by atoms with van der Waals surface area (Å²) in [5.41, 5.74) is 6.83. The van der Waals surface area contributed by atoms with Crippen LogP contribution in [0.3, 0.4) is 0 Å². The summed E-state index contributed by atoms with van der Waals surface area (Å²) in [5, 5.41) is 11.9. The highest BCUT2D eigenvalue weighted by molar-refractivity contribution is 6.32. The highest BCUT2D eigenvalue weighted by atomic mass is 35.5. The Labute approximate surface area is 129 Å². The van der Waals surface area contributed by atoms with Crippen LogP contribution in [0.2, 0.25) is 10.0 Å². The van der Waals surface area contributed by atoms with Gasteiger partial charge >= 0.3 is 0 Å². The van der Waals surface area contributed by atoms with Crippen molar-refractivity contribution in [3.05, 3.63) is 52.3 Å². The van der Waals surface area contributed by atoms with Gasteiger partial charge in [0.25, 0.3) is 0 Å². The van der Waals surface area contributed by atoms with Crippen molar-refractivity contribution in [2.75, 3.05) is 5.73 Å². The van der Waals surface area contributed by atoms with Crippen molar-refractivity contribution in [1.29, 1.82) is 0 Å². The molecule has 0 saturated heterocycles. The molecule has 2 N–H and O–H groups in total. The summed E-state index contributed by atoms with van der Waals surface area (Å²) in [7, 11) is 0. The molecule has 1 aromatic heterocycles. The molecule has 0 fully saturated rings. The molecule has 21 heavy (non-hydrogen) atoms. The van der Waals surface area contributed by atoms with E-state index in [9.17, 15) is 4.39 Å². The number of nitrogens with zero attached hydrogens (tertiary/aromatic N) is 4. The minimum atomic E-state index is -0.536. The van der Waals surface area contributed by atoms with E-state index < -0.39 is 5.82 Å². The molecule has 8 heteroatoms. The van der Waals surface area contributed by atoms with Gasteiger partial charge in [-0.2, -0.15) is 4.68 Å². The number of benzene rings is 2. The summed E-state index contributed by atoms with van der Waals surface area (Å²) in [5.74, 6) is -0.248. The number of hydrogen-bond acceptors (Lipinski definition) is 4. The third kappa shape index (κ3) is 2.55. The van der Waals surface area contributed by atoms with Crippen LogP contribution in [0.1, 0.15) is 0 Å². The van der Waals surface area contributed by atoms with Gasteiger partial charge in [0.2, 0.25) is 0 Å². The first-order valence-corrected chi connectivity index (χ1v) is 6.61. The van der Waals surface area contributed by atoms with Crippen molar-refractivity contribution >= 4 is 28.9 Å². The second-order valence-electron chi connectivity index (χ2n) is 4.26. The number of halogens is 3. The van der Waals surface area contributed by atoms with Crippen molar-refractivity contribution in [2.45, 2.75) is 0 Å². The van der Waals surface area contributed by atoms with Gasteiger partial charge in [0.05, 0.1) is 5.02 Å². The highest BCUT2D eigenvalue weighted by Gasteiger charge is 2.17. The molecule has 0 aliphatic carbocycles. The number of tetrazole rings is 1. The Morgan fingerprint density at radius 1 is 1.14 bits per heavy atom. The van der Waals surface area contributed by atoms with E-state index in [4.69, 9.17) is 28.9 Å². The largest absolute Gasteiger partial charge is 0.399 e. The minimum absolute atomic E-state index is 0.0673. The zero-order valence-corrected chi connectivity index (χ0v) is 12.0. The van der Waals surface area contributed by atoms with Gasteiger partial charge < -0.3 is 5.73 Å². The summed E-state index contributed by atoms with van der Waals surface area (Å²) in [6.45, 7) is 0. The Balaban J connectivity index is 2.22. The van der Waals surface area contributed by atoms with Gasteiger partial charge in [0.1, 0.15) is 5.69 Å². The maximum Gasteiger partial charge on any atom is 0.187 e.